The minimum absolute atomic E-state index is 0.205. The zero-order valence-corrected chi connectivity index (χ0v) is 57.1. The first-order valence-corrected chi connectivity index (χ1v) is 36.6. The van der Waals surface area contributed by atoms with Crippen LogP contribution in [0.3, 0.4) is 0 Å². The Morgan fingerprint density at radius 1 is 0.559 bits per heavy atom. The SMILES string of the molecule is CCCCCCCCCCCCCCCCCCCCCCCCC/C=C/C(O)C(COC1OC(CO)C(OC2OC(CO)C(O)C(OC3(C(=O)O)CC(O)C(NC(C)=O)C(C(O)C(O)CO)O3)C2O)C(O)C1O)NC(=O)CCCCCCCCCCCCCCCC. The molecule has 3 rings (SSSR count). The fourth-order valence-corrected chi connectivity index (χ4v) is 12.9. The third-order valence-corrected chi connectivity index (χ3v) is 18.7. The third kappa shape index (κ3) is 32.8. The molecule has 3 heterocycles. The van der Waals surface area contributed by atoms with E-state index >= 15 is 0 Å². The summed E-state index contributed by atoms with van der Waals surface area (Å²) >= 11 is 0. The van der Waals surface area contributed by atoms with Gasteiger partial charge in [0.1, 0.15) is 67.1 Å². The van der Waals surface area contributed by atoms with Crippen molar-refractivity contribution in [2.24, 2.45) is 0 Å². The number of carbonyl (C=O) groups is 3. The van der Waals surface area contributed by atoms with Crippen LogP contribution >= 0.6 is 0 Å². The molecule has 0 bridgehead atoms. The third-order valence-electron chi connectivity index (χ3n) is 18.7. The number of unbranched alkanes of at least 4 members (excludes halogenated alkanes) is 36. The highest BCUT2D eigenvalue weighted by molar-refractivity contribution is 5.77. The molecule has 546 valence electrons. The molecule has 0 radical (unpaired) electrons. The Balaban J connectivity index is 1.56. The highest BCUT2D eigenvalue weighted by atomic mass is 16.8. The minimum atomic E-state index is -3.08. The van der Waals surface area contributed by atoms with Gasteiger partial charge < -0.3 is 100 Å². The number of allylic oxidation sites excluding steroid dienone is 1. The lowest BCUT2D eigenvalue weighted by molar-refractivity contribution is -0.386. The van der Waals surface area contributed by atoms with Gasteiger partial charge >= 0.3 is 5.97 Å². The van der Waals surface area contributed by atoms with E-state index < -0.39 is 155 Å². The number of aliphatic hydroxyl groups is 11. The van der Waals surface area contributed by atoms with Gasteiger partial charge in [-0.2, -0.15) is 0 Å². The smallest absolute Gasteiger partial charge is 0.364 e. The predicted molar refractivity (Wildman–Crippen MR) is 352 cm³/mol. The number of carboxylic acids is 1. The molecule has 0 aliphatic carbocycles. The fraction of sp³-hybridized carbons (Fsp3) is 0.929. The maximum absolute atomic E-state index is 13.4. The molecule has 3 aliphatic rings. The van der Waals surface area contributed by atoms with Crippen molar-refractivity contribution in [2.45, 2.75) is 387 Å². The first-order valence-electron chi connectivity index (χ1n) is 36.6. The quantitative estimate of drug-likeness (QED) is 0.0207. The van der Waals surface area contributed by atoms with Crippen molar-refractivity contribution in [1.29, 1.82) is 0 Å². The molecule has 0 aromatic carbocycles. The highest BCUT2D eigenvalue weighted by Gasteiger charge is 2.60. The maximum Gasteiger partial charge on any atom is 0.364 e. The van der Waals surface area contributed by atoms with E-state index in [0.717, 1.165) is 51.9 Å². The van der Waals surface area contributed by atoms with Gasteiger partial charge in [-0.15, -0.1) is 0 Å². The van der Waals surface area contributed by atoms with Crippen LogP contribution in [0.25, 0.3) is 0 Å². The summed E-state index contributed by atoms with van der Waals surface area (Å²) in [4.78, 5) is 38.5. The van der Waals surface area contributed by atoms with Crippen LogP contribution < -0.4 is 10.6 Å². The van der Waals surface area contributed by atoms with E-state index in [2.05, 4.69) is 24.5 Å². The van der Waals surface area contributed by atoms with Crippen molar-refractivity contribution in [3.63, 3.8) is 0 Å². The molecule has 0 aromatic heterocycles. The molecule has 23 nitrogen and oxygen atoms in total. The standard InChI is InChI=1S/C70H130N2O21/c1-4-6-8-10-12-14-16-18-20-21-22-23-24-25-26-27-28-29-30-31-33-35-37-39-41-43-52(77)51(72-57(80)44-42-40-38-36-34-32-19-17-15-13-11-9-7-5-2)49-88-67-62(84)61(83)64(56(48-75)90-67)91-68-63(85)66(60(82)55(47-74)89-68)93-70(69(86)87)45-53(78)58(71-50(3)76)65(92-70)59(81)54(79)46-73/h41,43,51-56,58-68,73-75,77-79,81-85H,4-40,42,44-49H2,1-3H3,(H,71,76)(H,72,80)(H,86,87)/b43-41+. The normalized spacial score (nSPS) is 28.1. The molecule has 18 unspecified atom stereocenters. The van der Waals surface area contributed by atoms with E-state index in [1.807, 2.05) is 6.08 Å². The summed E-state index contributed by atoms with van der Waals surface area (Å²) in [6.45, 7) is 2.16. The topological polar surface area (TPSA) is 373 Å². The summed E-state index contributed by atoms with van der Waals surface area (Å²) in [7, 11) is 0. The van der Waals surface area contributed by atoms with Crippen LogP contribution in [-0.2, 0) is 42.8 Å². The van der Waals surface area contributed by atoms with Crippen molar-refractivity contribution >= 4 is 17.8 Å². The number of aliphatic hydroxyl groups excluding tert-OH is 11. The number of ether oxygens (including phenoxy) is 6. The Labute approximate surface area is 556 Å². The van der Waals surface area contributed by atoms with Gasteiger partial charge in [0.25, 0.3) is 5.79 Å². The molecule has 2 amide bonds. The molecule has 23 heteroatoms. The summed E-state index contributed by atoms with van der Waals surface area (Å²) in [6.07, 6.45) is 21.2. The first-order chi connectivity index (χ1) is 44.9. The molecule has 0 aromatic rings. The first kappa shape index (κ1) is 84.7. The predicted octanol–water partition coefficient (Wildman–Crippen LogP) is 7.46. The molecule has 14 N–H and O–H groups in total. The monoisotopic (exact) mass is 1330 g/mol. The van der Waals surface area contributed by atoms with Crippen LogP contribution in [0.2, 0.25) is 0 Å². The molecule has 3 aliphatic heterocycles. The molecule has 0 saturated carbocycles. The van der Waals surface area contributed by atoms with Gasteiger partial charge in [0, 0.05) is 19.8 Å². The summed E-state index contributed by atoms with van der Waals surface area (Å²) in [5, 5.41) is 136. The Morgan fingerprint density at radius 2 is 1.00 bits per heavy atom. The molecule has 18 atom stereocenters. The van der Waals surface area contributed by atoms with Gasteiger partial charge in [-0.1, -0.05) is 251 Å². The second-order valence-electron chi connectivity index (χ2n) is 26.8. The molecular formula is C70H130N2O21. The number of rotatable bonds is 56. The van der Waals surface area contributed by atoms with Crippen LogP contribution in [0, 0.1) is 0 Å². The molecule has 93 heavy (non-hydrogen) atoms. The maximum atomic E-state index is 13.4. The zero-order chi connectivity index (χ0) is 68.2. The largest absolute Gasteiger partial charge is 0.477 e. The van der Waals surface area contributed by atoms with Crippen LogP contribution in [0.15, 0.2) is 12.2 Å². The van der Waals surface area contributed by atoms with Crippen LogP contribution in [-0.4, -0.2) is 215 Å². The average Bonchev–Trinajstić information content (AvgIpc) is 0.765. The Hall–Kier alpha value is -2.53. The average molecular weight is 1340 g/mol. The van der Waals surface area contributed by atoms with Crippen molar-refractivity contribution in [1.82, 2.24) is 10.6 Å². The molecule has 3 fully saturated rings. The second kappa shape index (κ2) is 50.7. The number of hydrogen-bond acceptors (Lipinski definition) is 20. The number of carbonyl (C=O) groups excluding carboxylic acids is 2. The lowest BCUT2D eigenvalue weighted by atomic mass is 9.88. The van der Waals surface area contributed by atoms with E-state index in [1.54, 1.807) is 6.08 Å². The summed E-state index contributed by atoms with van der Waals surface area (Å²) < 4.78 is 34.8. The lowest BCUT2D eigenvalue weighted by Crippen LogP contribution is -2.70. The van der Waals surface area contributed by atoms with Gasteiger partial charge in [-0.3, -0.25) is 9.59 Å². The van der Waals surface area contributed by atoms with Crippen molar-refractivity contribution in [3.05, 3.63) is 12.2 Å². The van der Waals surface area contributed by atoms with Gasteiger partial charge in [0.2, 0.25) is 11.8 Å². The number of nitrogens with one attached hydrogen (secondary N) is 2. The van der Waals surface area contributed by atoms with E-state index in [-0.39, 0.29) is 12.3 Å². The minimum Gasteiger partial charge on any atom is -0.477 e. The van der Waals surface area contributed by atoms with E-state index in [1.165, 1.54) is 186 Å². The summed E-state index contributed by atoms with van der Waals surface area (Å²) in [6, 6.07) is -2.61. The molecular weight excluding hydrogens is 1200 g/mol. The van der Waals surface area contributed by atoms with Crippen molar-refractivity contribution in [3.8, 4) is 0 Å². The Morgan fingerprint density at radius 3 is 1.43 bits per heavy atom. The fourth-order valence-electron chi connectivity index (χ4n) is 12.9. The number of carboxylic acid groups (broad SMARTS) is 1. The number of hydrogen-bond donors (Lipinski definition) is 14. The van der Waals surface area contributed by atoms with Gasteiger partial charge in [0.15, 0.2) is 12.6 Å². The zero-order valence-electron chi connectivity index (χ0n) is 57.1. The van der Waals surface area contributed by atoms with Gasteiger partial charge in [-0.05, 0) is 19.3 Å². The summed E-state index contributed by atoms with van der Waals surface area (Å²) in [5.74, 6) is -6.13. The molecule has 3 saturated heterocycles. The van der Waals surface area contributed by atoms with Crippen molar-refractivity contribution < 1.29 is 104 Å². The van der Waals surface area contributed by atoms with Gasteiger partial charge in [0.05, 0.1) is 50.7 Å². The number of amides is 2. The highest BCUT2D eigenvalue weighted by Crippen LogP contribution is 2.39. The lowest BCUT2D eigenvalue weighted by Gasteiger charge is -2.50. The van der Waals surface area contributed by atoms with Crippen molar-refractivity contribution in [2.75, 3.05) is 26.4 Å². The van der Waals surface area contributed by atoms with E-state index in [9.17, 15) is 75.7 Å². The Bertz CT molecular complexity index is 1930. The van der Waals surface area contributed by atoms with Crippen LogP contribution in [0.4, 0.5) is 0 Å². The second-order valence-corrected chi connectivity index (χ2v) is 26.8. The van der Waals surface area contributed by atoms with Gasteiger partial charge in [-0.25, -0.2) is 4.79 Å². The van der Waals surface area contributed by atoms with Crippen LogP contribution in [0.5, 0.6) is 0 Å². The van der Waals surface area contributed by atoms with E-state index in [0.29, 0.717) is 12.8 Å². The van der Waals surface area contributed by atoms with E-state index in [4.69, 9.17) is 28.4 Å². The Kier molecular flexibility index (Phi) is 46.2. The van der Waals surface area contributed by atoms with Crippen LogP contribution in [0.1, 0.15) is 278 Å². The number of aliphatic carboxylic acids is 1. The summed E-state index contributed by atoms with van der Waals surface area (Å²) in [5.41, 5.74) is 0. The molecule has 0 spiro atoms.